The second-order valence-electron chi connectivity index (χ2n) is 4.47. The van der Waals surface area contributed by atoms with Crippen LogP contribution in [0, 0.1) is 0 Å². The molecule has 0 spiro atoms. The Morgan fingerprint density at radius 2 is 2.47 bits per heavy atom. The summed E-state index contributed by atoms with van der Waals surface area (Å²) in [5, 5.41) is 19.4. The molecular formula is C10H17N5O2. The summed E-state index contributed by atoms with van der Waals surface area (Å²) in [7, 11) is 1.83. The Kier molecular flexibility index (Phi) is 3.39. The van der Waals surface area contributed by atoms with Gasteiger partial charge in [-0.15, -0.1) is 0 Å². The van der Waals surface area contributed by atoms with E-state index in [-0.39, 0.29) is 12.0 Å². The van der Waals surface area contributed by atoms with E-state index in [1.165, 1.54) is 0 Å². The van der Waals surface area contributed by atoms with Gasteiger partial charge in [0.1, 0.15) is 6.33 Å². The molecule has 1 saturated heterocycles. The molecule has 3 N–H and O–H groups in total. The van der Waals surface area contributed by atoms with Crippen LogP contribution in [0.3, 0.4) is 0 Å². The van der Waals surface area contributed by atoms with Crippen molar-refractivity contribution in [2.24, 2.45) is 7.05 Å². The molecule has 2 rings (SSSR count). The number of aliphatic carboxylic acids is 1. The average Bonchev–Trinajstić information content (AvgIpc) is 2.60. The third kappa shape index (κ3) is 3.01. The molecule has 1 aliphatic rings. The van der Waals surface area contributed by atoms with Gasteiger partial charge in [0.15, 0.2) is 5.82 Å². The van der Waals surface area contributed by atoms with Crippen molar-refractivity contribution < 1.29 is 9.90 Å². The summed E-state index contributed by atoms with van der Waals surface area (Å²) < 4.78 is 1.66. The minimum atomic E-state index is -0.769. The van der Waals surface area contributed by atoms with Gasteiger partial charge >= 0.3 is 5.97 Å². The van der Waals surface area contributed by atoms with Crippen LogP contribution in [-0.4, -0.2) is 51.0 Å². The Hall–Kier alpha value is -1.47. The summed E-state index contributed by atoms with van der Waals surface area (Å²) in [6.45, 7) is 2.10. The second kappa shape index (κ2) is 4.80. The Bertz CT molecular complexity index is 399. The lowest BCUT2D eigenvalue weighted by Crippen LogP contribution is -2.68. The molecule has 0 radical (unpaired) electrons. The minimum absolute atomic E-state index is 0.148. The van der Waals surface area contributed by atoms with Crippen LogP contribution < -0.4 is 10.6 Å². The number of hydrogen-bond donors (Lipinski definition) is 3. The zero-order chi connectivity index (χ0) is 12.3. The van der Waals surface area contributed by atoms with Crippen LogP contribution in [0.5, 0.6) is 0 Å². The molecule has 0 amide bonds. The fraction of sp³-hybridized carbons (Fsp3) is 0.700. The van der Waals surface area contributed by atoms with Crippen molar-refractivity contribution in [2.75, 3.05) is 19.6 Å². The van der Waals surface area contributed by atoms with Crippen LogP contribution in [0.15, 0.2) is 6.33 Å². The average molecular weight is 239 g/mol. The summed E-state index contributed by atoms with van der Waals surface area (Å²) in [4.78, 5) is 14.9. The Balaban J connectivity index is 1.78. The van der Waals surface area contributed by atoms with E-state index in [0.717, 1.165) is 5.82 Å². The van der Waals surface area contributed by atoms with E-state index in [1.807, 2.05) is 7.05 Å². The van der Waals surface area contributed by atoms with Crippen LogP contribution in [0.25, 0.3) is 0 Å². The maximum Gasteiger partial charge on any atom is 0.305 e. The van der Waals surface area contributed by atoms with E-state index >= 15 is 0 Å². The maximum atomic E-state index is 10.7. The first-order valence-electron chi connectivity index (χ1n) is 5.62. The van der Waals surface area contributed by atoms with E-state index in [1.54, 1.807) is 11.0 Å². The summed E-state index contributed by atoms with van der Waals surface area (Å²) in [5.74, 6) is 0.00715. The van der Waals surface area contributed by atoms with Crippen molar-refractivity contribution in [1.29, 1.82) is 0 Å². The van der Waals surface area contributed by atoms with Gasteiger partial charge in [0.2, 0.25) is 0 Å². The molecule has 1 aliphatic heterocycles. The van der Waals surface area contributed by atoms with Crippen LogP contribution in [0.2, 0.25) is 0 Å². The molecule has 1 aromatic rings. The molecule has 0 atom stereocenters. The lowest BCUT2D eigenvalue weighted by molar-refractivity contribution is -0.139. The molecule has 0 unspecified atom stereocenters. The van der Waals surface area contributed by atoms with Crippen molar-refractivity contribution in [2.45, 2.75) is 18.4 Å². The number of carbonyl (C=O) groups is 1. The highest BCUT2D eigenvalue weighted by Crippen LogP contribution is 2.15. The van der Waals surface area contributed by atoms with Gasteiger partial charge in [0.25, 0.3) is 0 Å². The molecule has 0 aliphatic carbocycles. The third-order valence-corrected chi connectivity index (χ3v) is 2.91. The molecule has 1 fully saturated rings. The number of hydrogen-bond acceptors (Lipinski definition) is 5. The van der Waals surface area contributed by atoms with E-state index in [0.29, 0.717) is 26.1 Å². The largest absolute Gasteiger partial charge is 0.481 e. The normalized spacial score (nSPS) is 17.7. The number of rotatable bonds is 6. The molecule has 0 aromatic carbocycles. The zero-order valence-electron chi connectivity index (χ0n) is 9.81. The molecule has 7 nitrogen and oxygen atoms in total. The van der Waals surface area contributed by atoms with Gasteiger partial charge in [-0.1, -0.05) is 0 Å². The van der Waals surface area contributed by atoms with Crippen LogP contribution in [-0.2, 0) is 18.3 Å². The minimum Gasteiger partial charge on any atom is -0.481 e. The van der Waals surface area contributed by atoms with Crippen molar-refractivity contribution in [1.82, 2.24) is 25.4 Å². The molecule has 0 saturated carbocycles. The number of aromatic nitrogens is 3. The van der Waals surface area contributed by atoms with Gasteiger partial charge in [-0.2, -0.15) is 5.10 Å². The highest BCUT2D eigenvalue weighted by Gasteiger charge is 2.38. The quantitative estimate of drug-likeness (QED) is 0.575. The van der Waals surface area contributed by atoms with Gasteiger partial charge in [-0.25, -0.2) is 4.98 Å². The highest BCUT2D eigenvalue weighted by atomic mass is 16.4. The van der Waals surface area contributed by atoms with Crippen LogP contribution >= 0.6 is 0 Å². The number of nitrogens with zero attached hydrogens (tertiary/aromatic N) is 3. The Labute approximate surface area is 99.2 Å². The predicted octanol–water partition coefficient (Wildman–Crippen LogP) is -1.24. The van der Waals surface area contributed by atoms with Gasteiger partial charge < -0.3 is 15.7 Å². The van der Waals surface area contributed by atoms with Crippen molar-refractivity contribution in [3.63, 3.8) is 0 Å². The van der Waals surface area contributed by atoms with E-state index in [2.05, 4.69) is 20.7 Å². The van der Waals surface area contributed by atoms with Crippen LogP contribution in [0.4, 0.5) is 0 Å². The Morgan fingerprint density at radius 1 is 1.71 bits per heavy atom. The third-order valence-electron chi connectivity index (χ3n) is 2.91. The smallest absolute Gasteiger partial charge is 0.305 e. The van der Waals surface area contributed by atoms with Gasteiger partial charge in [-0.05, 0) is 0 Å². The van der Waals surface area contributed by atoms with Crippen LogP contribution in [0.1, 0.15) is 12.2 Å². The summed E-state index contributed by atoms with van der Waals surface area (Å²) in [6, 6.07) is 0. The summed E-state index contributed by atoms with van der Waals surface area (Å²) in [6.07, 6.45) is 2.52. The topological polar surface area (TPSA) is 92.1 Å². The second-order valence-corrected chi connectivity index (χ2v) is 4.47. The van der Waals surface area contributed by atoms with Gasteiger partial charge in [0, 0.05) is 33.1 Å². The van der Waals surface area contributed by atoms with E-state index < -0.39 is 5.97 Å². The lowest BCUT2D eigenvalue weighted by atomic mass is 9.88. The first-order chi connectivity index (χ1) is 8.10. The summed E-state index contributed by atoms with van der Waals surface area (Å²) in [5.41, 5.74) is -0.291. The SMILES string of the molecule is Cn1cnc(CCNC2(CC(=O)O)CNC2)n1. The predicted molar refractivity (Wildman–Crippen MR) is 60.6 cm³/mol. The number of carboxylic acid groups (broad SMARTS) is 1. The summed E-state index contributed by atoms with van der Waals surface area (Å²) >= 11 is 0. The Morgan fingerprint density at radius 3 is 2.94 bits per heavy atom. The highest BCUT2D eigenvalue weighted by molar-refractivity contribution is 5.68. The number of aryl methyl sites for hydroxylation is 1. The van der Waals surface area contributed by atoms with Crippen molar-refractivity contribution in [3.8, 4) is 0 Å². The fourth-order valence-electron chi connectivity index (χ4n) is 1.97. The van der Waals surface area contributed by atoms with Crippen molar-refractivity contribution in [3.05, 3.63) is 12.2 Å². The van der Waals surface area contributed by atoms with Gasteiger partial charge in [0.05, 0.1) is 12.0 Å². The number of carboxylic acids is 1. The zero-order valence-corrected chi connectivity index (χ0v) is 9.81. The molecular weight excluding hydrogens is 222 g/mol. The van der Waals surface area contributed by atoms with E-state index in [9.17, 15) is 4.79 Å². The molecule has 0 bridgehead atoms. The fourth-order valence-corrected chi connectivity index (χ4v) is 1.97. The molecule has 17 heavy (non-hydrogen) atoms. The van der Waals surface area contributed by atoms with Crippen molar-refractivity contribution >= 4 is 5.97 Å². The van der Waals surface area contributed by atoms with Gasteiger partial charge in [-0.3, -0.25) is 9.48 Å². The lowest BCUT2D eigenvalue weighted by Gasteiger charge is -2.42. The standard InChI is InChI=1S/C10H17N5O2/c1-15-7-12-8(14-15)2-3-13-10(4-9(16)17)5-11-6-10/h7,11,13H,2-6H2,1H3,(H,16,17). The van der Waals surface area contributed by atoms with E-state index in [4.69, 9.17) is 5.11 Å². The first-order valence-corrected chi connectivity index (χ1v) is 5.62. The first kappa shape index (κ1) is 12.0. The number of nitrogens with one attached hydrogen (secondary N) is 2. The monoisotopic (exact) mass is 239 g/mol. The molecule has 7 heteroatoms. The molecule has 94 valence electrons. The molecule has 1 aromatic heterocycles. The molecule has 2 heterocycles. The maximum absolute atomic E-state index is 10.7.